The number of nitrogens with two attached hydrogens (primary N) is 1. The second-order valence-electron chi connectivity index (χ2n) is 2.59. The molecular formula is C9H11NO2. The van der Waals surface area contributed by atoms with E-state index in [0.29, 0.717) is 0 Å². The van der Waals surface area contributed by atoms with Crippen LogP contribution in [0.25, 0.3) is 0 Å². The molecule has 2 N–H and O–H groups in total. The van der Waals surface area contributed by atoms with Gasteiger partial charge < -0.3 is 10.5 Å². The van der Waals surface area contributed by atoms with E-state index < -0.39 is 6.09 Å². The maximum atomic E-state index is 10.2. The molecule has 1 amide bonds. The molecule has 0 unspecified atom stereocenters. The van der Waals surface area contributed by atoms with Crippen LogP contribution in [0, 0.1) is 6.92 Å². The van der Waals surface area contributed by atoms with E-state index >= 15 is 0 Å². The Labute approximate surface area is 71.1 Å². The number of hydrogen-bond acceptors (Lipinski definition) is 2. The molecule has 0 aromatic heterocycles. The summed E-state index contributed by atoms with van der Waals surface area (Å²) in [5.74, 6) is 0. The average molecular weight is 165 g/mol. The zero-order chi connectivity index (χ0) is 8.97. The van der Waals surface area contributed by atoms with Crippen molar-refractivity contribution in [1.82, 2.24) is 0 Å². The van der Waals surface area contributed by atoms with Crippen LogP contribution in [0.4, 0.5) is 4.79 Å². The van der Waals surface area contributed by atoms with E-state index in [-0.39, 0.29) is 6.61 Å². The Kier molecular flexibility index (Phi) is 2.69. The van der Waals surface area contributed by atoms with Crippen LogP contribution < -0.4 is 5.73 Å². The van der Waals surface area contributed by atoms with Crippen LogP contribution in [0.3, 0.4) is 0 Å². The van der Waals surface area contributed by atoms with Gasteiger partial charge in [-0.15, -0.1) is 0 Å². The van der Waals surface area contributed by atoms with Crippen LogP contribution in [0.1, 0.15) is 11.1 Å². The molecule has 0 aliphatic heterocycles. The molecule has 0 radical (unpaired) electrons. The van der Waals surface area contributed by atoms with E-state index in [1.165, 1.54) is 5.56 Å². The maximum Gasteiger partial charge on any atom is 0.404 e. The van der Waals surface area contributed by atoms with Gasteiger partial charge in [0.15, 0.2) is 0 Å². The van der Waals surface area contributed by atoms with Crippen molar-refractivity contribution < 1.29 is 9.53 Å². The van der Waals surface area contributed by atoms with Crippen molar-refractivity contribution in [3.63, 3.8) is 0 Å². The summed E-state index contributed by atoms with van der Waals surface area (Å²) in [6.07, 6.45) is -0.740. The molecule has 3 nitrogen and oxygen atoms in total. The molecule has 0 heterocycles. The summed E-state index contributed by atoms with van der Waals surface area (Å²) in [5.41, 5.74) is 6.93. The van der Waals surface area contributed by atoms with Crippen LogP contribution in [-0.2, 0) is 11.3 Å². The summed E-state index contributed by atoms with van der Waals surface area (Å²) < 4.78 is 4.61. The Hall–Kier alpha value is -1.51. The Morgan fingerprint density at radius 2 is 2.00 bits per heavy atom. The van der Waals surface area contributed by atoms with Gasteiger partial charge in [-0.05, 0) is 12.5 Å². The standard InChI is InChI=1S/C9H11NO2/c1-7-2-4-8(5-3-7)6-12-9(10)11/h2-5H,6H2,1H3,(H2,10,11). The largest absolute Gasteiger partial charge is 0.445 e. The summed E-state index contributed by atoms with van der Waals surface area (Å²) in [6, 6.07) is 7.72. The maximum absolute atomic E-state index is 10.2. The second-order valence-corrected chi connectivity index (χ2v) is 2.59. The van der Waals surface area contributed by atoms with Gasteiger partial charge in [-0.1, -0.05) is 29.8 Å². The van der Waals surface area contributed by atoms with Gasteiger partial charge in [-0.3, -0.25) is 0 Å². The highest BCUT2D eigenvalue weighted by atomic mass is 16.5. The number of aryl methyl sites for hydroxylation is 1. The van der Waals surface area contributed by atoms with E-state index in [1.807, 2.05) is 31.2 Å². The zero-order valence-corrected chi connectivity index (χ0v) is 6.91. The minimum Gasteiger partial charge on any atom is -0.445 e. The molecule has 12 heavy (non-hydrogen) atoms. The van der Waals surface area contributed by atoms with E-state index in [2.05, 4.69) is 4.74 Å². The lowest BCUT2D eigenvalue weighted by Gasteiger charge is -2.01. The molecule has 0 atom stereocenters. The van der Waals surface area contributed by atoms with E-state index in [4.69, 9.17) is 5.73 Å². The topological polar surface area (TPSA) is 52.3 Å². The quantitative estimate of drug-likeness (QED) is 0.723. The summed E-state index contributed by atoms with van der Waals surface area (Å²) >= 11 is 0. The normalized spacial score (nSPS) is 9.42. The number of hydrogen-bond donors (Lipinski definition) is 1. The van der Waals surface area contributed by atoms with Crippen molar-refractivity contribution in [3.8, 4) is 0 Å². The first-order valence-electron chi connectivity index (χ1n) is 3.66. The molecule has 0 aliphatic carbocycles. The monoisotopic (exact) mass is 165 g/mol. The van der Waals surface area contributed by atoms with Gasteiger partial charge >= 0.3 is 6.09 Å². The molecular weight excluding hydrogens is 154 g/mol. The molecule has 0 saturated carbocycles. The van der Waals surface area contributed by atoms with Crippen molar-refractivity contribution in [3.05, 3.63) is 35.4 Å². The number of ether oxygens (including phenoxy) is 1. The van der Waals surface area contributed by atoms with Crippen LogP contribution in [-0.4, -0.2) is 6.09 Å². The predicted octanol–water partition coefficient (Wildman–Crippen LogP) is 1.59. The molecule has 0 bridgehead atoms. The summed E-state index contributed by atoms with van der Waals surface area (Å²) in [4.78, 5) is 10.2. The molecule has 0 aliphatic rings. The lowest BCUT2D eigenvalue weighted by molar-refractivity contribution is 0.150. The Morgan fingerprint density at radius 3 is 2.50 bits per heavy atom. The third-order valence-corrected chi connectivity index (χ3v) is 1.50. The highest BCUT2D eigenvalue weighted by Gasteiger charge is 1.95. The van der Waals surface area contributed by atoms with E-state index in [9.17, 15) is 4.79 Å². The summed E-state index contributed by atoms with van der Waals surface area (Å²) in [7, 11) is 0. The van der Waals surface area contributed by atoms with Gasteiger partial charge in [0.25, 0.3) is 0 Å². The van der Waals surface area contributed by atoms with Crippen molar-refractivity contribution in [2.24, 2.45) is 5.73 Å². The fraction of sp³-hybridized carbons (Fsp3) is 0.222. The highest BCUT2D eigenvalue weighted by Crippen LogP contribution is 2.03. The molecule has 1 aromatic rings. The predicted molar refractivity (Wildman–Crippen MR) is 45.6 cm³/mol. The molecule has 64 valence electrons. The Balaban J connectivity index is 2.53. The Morgan fingerprint density at radius 1 is 1.42 bits per heavy atom. The first-order valence-corrected chi connectivity index (χ1v) is 3.66. The number of primary amides is 1. The lowest BCUT2D eigenvalue weighted by Crippen LogP contribution is -2.12. The first kappa shape index (κ1) is 8.59. The van der Waals surface area contributed by atoms with Gasteiger partial charge in [0.2, 0.25) is 0 Å². The smallest absolute Gasteiger partial charge is 0.404 e. The van der Waals surface area contributed by atoms with Gasteiger partial charge in [0, 0.05) is 0 Å². The van der Waals surface area contributed by atoms with Crippen molar-refractivity contribution in [2.45, 2.75) is 13.5 Å². The number of rotatable bonds is 2. The third-order valence-electron chi connectivity index (χ3n) is 1.50. The van der Waals surface area contributed by atoms with Gasteiger partial charge in [-0.2, -0.15) is 0 Å². The number of carbonyl (C=O) groups is 1. The van der Waals surface area contributed by atoms with Crippen LogP contribution >= 0.6 is 0 Å². The molecule has 0 fully saturated rings. The summed E-state index contributed by atoms with van der Waals surface area (Å²) in [6.45, 7) is 2.24. The van der Waals surface area contributed by atoms with Crippen molar-refractivity contribution >= 4 is 6.09 Å². The first-order chi connectivity index (χ1) is 5.68. The SMILES string of the molecule is Cc1ccc(COC(N)=O)cc1. The minimum absolute atomic E-state index is 0.246. The average Bonchev–Trinajstić information content (AvgIpc) is 2.03. The van der Waals surface area contributed by atoms with Gasteiger partial charge in [0.1, 0.15) is 6.61 Å². The van der Waals surface area contributed by atoms with Crippen molar-refractivity contribution in [2.75, 3.05) is 0 Å². The minimum atomic E-state index is -0.740. The molecule has 1 rings (SSSR count). The van der Waals surface area contributed by atoms with Crippen molar-refractivity contribution in [1.29, 1.82) is 0 Å². The number of benzene rings is 1. The summed E-state index contributed by atoms with van der Waals surface area (Å²) in [5, 5.41) is 0. The van der Waals surface area contributed by atoms with Gasteiger partial charge in [0.05, 0.1) is 0 Å². The molecule has 1 aromatic carbocycles. The van der Waals surface area contributed by atoms with E-state index in [0.717, 1.165) is 5.56 Å². The highest BCUT2D eigenvalue weighted by molar-refractivity contribution is 5.64. The zero-order valence-electron chi connectivity index (χ0n) is 6.91. The van der Waals surface area contributed by atoms with Crippen LogP contribution in [0.5, 0.6) is 0 Å². The third kappa shape index (κ3) is 2.62. The fourth-order valence-electron chi connectivity index (χ4n) is 0.839. The lowest BCUT2D eigenvalue weighted by atomic mass is 10.2. The van der Waals surface area contributed by atoms with Crippen LogP contribution in [0.15, 0.2) is 24.3 Å². The molecule has 0 saturated heterocycles. The van der Waals surface area contributed by atoms with Gasteiger partial charge in [-0.25, -0.2) is 4.79 Å². The van der Waals surface area contributed by atoms with E-state index in [1.54, 1.807) is 0 Å². The van der Waals surface area contributed by atoms with Crippen LogP contribution in [0.2, 0.25) is 0 Å². The fourth-order valence-corrected chi connectivity index (χ4v) is 0.839. The Bertz CT molecular complexity index is 266. The number of amides is 1. The second kappa shape index (κ2) is 3.76. The number of carbonyl (C=O) groups excluding carboxylic acids is 1. The molecule has 3 heteroatoms. The molecule has 0 spiro atoms.